The summed E-state index contributed by atoms with van der Waals surface area (Å²) in [5.74, 6) is 0. The van der Waals surface area contributed by atoms with E-state index < -0.39 is 20.0 Å². The maximum absolute atomic E-state index is 12.5. The summed E-state index contributed by atoms with van der Waals surface area (Å²) in [5, 5.41) is 0. The van der Waals surface area contributed by atoms with Crippen LogP contribution in [0.5, 0.6) is 0 Å². The first kappa shape index (κ1) is 23.0. The van der Waals surface area contributed by atoms with E-state index in [1.807, 2.05) is 6.92 Å². The summed E-state index contributed by atoms with van der Waals surface area (Å²) in [5.41, 5.74) is 4.77. The van der Waals surface area contributed by atoms with Gasteiger partial charge in [0.1, 0.15) is 0 Å². The molecule has 0 fully saturated rings. The number of hydrogen-bond acceptors (Lipinski definition) is 5. The Morgan fingerprint density at radius 2 is 1.29 bits per heavy atom. The molecule has 10 heteroatoms. The first-order valence-electron chi connectivity index (χ1n) is 8.99. The van der Waals surface area contributed by atoms with Crippen LogP contribution in [0.1, 0.15) is 11.1 Å². The summed E-state index contributed by atoms with van der Waals surface area (Å²) in [6, 6.07) is 19.1. The van der Waals surface area contributed by atoms with Crippen molar-refractivity contribution in [3.63, 3.8) is 0 Å². The second-order valence-electron chi connectivity index (χ2n) is 6.66. The van der Waals surface area contributed by atoms with E-state index in [1.165, 1.54) is 24.3 Å². The number of nitrogens with one attached hydrogen (secondary N) is 3. The Hall–Kier alpha value is -2.66. The van der Waals surface area contributed by atoms with Crippen molar-refractivity contribution < 1.29 is 16.8 Å². The van der Waals surface area contributed by atoms with Crippen LogP contribution in [0.2, 0.25) is 0 Å². The van der Waals surface area contributed by atoms with Gasteiger partial charge in [-0.05, 0) is 61.0 Å². The monoisotopic (exact) mass is 521 g/mol. The highest BCUT2D eigenvalue weighted by Gasteiger charge is 2.15. The third-order valence-corrected chi connectivity index (χ3v) is 7.47. The molecule has 0 saturated carbocycles. The molecular formula is C21H20BrN3O4S2. The van der Waals surface area contributed by atoms with Gasteiger partial charge in [-0.1, -0.05) is 52.3 Å². The van der Waals surface area contributed by atoms with Gasteiger partial charge in [-0.25, -0.2) is 16.8 Å². The Labute approximate surface area is 190 Å². The molecule has 0 amide bonds. The number of sulfonamides is 2. The van der Waals surface area contributed by atoms with Gasteiger partial charge in [-0.15, -0.1) is 4.83 Å². The minimum absolute atomic E-state index is 0.121. The highest BCUT2D eigenvalue weighted by molar-refractivity contribution is 9.10. The van der Waals surface area contributed by atoms with Crippen LogP contribution in [0.3, 0.4) is 0 Å². The second kappa shape index (κ2) is 9.23. The lowest BCUT2D eigenvalue weighted by molar-refractivity contribution is 0.576. The first-order valence-corrected chi connectivity index (χ1v) is 12.7. The average molecular weight is 522 g/mol. The maximum atomic E-state index is 12.5. The van der Waals surface area contributed by atoms with Gasteiger partial charge in [0.2, 0.25) is 0 Å². The molecule has 3 aromatic carbocycles. The van der Waals surface area contributed by atoms with Gasteiger partial charge in [0.05, 0.1) is 9.79 Å². The minimum atomic E-state index is -3.76. The molecular weight excluding hydrogens is 502 g/mol. The predicted molar refractivity (Wildman–Crippen MR) is 125 cm³/mol. The molecule has 0 aromatic heterocycles. The quantitative estimate of drug-likeness (QED) is 0.388. The zero-order valence-corrected chi connectivity index (χ0v) is 19.7. The van der Waals surface area contributed by atoms with Crippen LogP contribution >= 0.6 is 15.9 Å². The Kier molecular flexibility index (Phi) is 6.85. The molecule has 0 aliphatic rings. The van der Waals surface area contributed by atoms with Gasteiger partial charge >= 0.3 is 0 Å². The normalized spacial score (nSPS) is 11.7. The fourth-order valence-corrected chi connectivity index (χ4v) is 4.74. The van der Waals surface area contributed by atoms with Crippen LogP contribution in [0.15, 0.2) is 93.6 Å². The predicted octanol–water partition coefficient (Wildman–Crippen LogP) is 4.01. The molecule has 0 aliphatic carbocycles. The van der Waals surface area contributed by atoms with Crippen molar-refractivity contribution in [1.29, 1.82) is 0 Å². The summed E-state index contributed by atoms with van der Waals surface area (Å²) in [6.07, 6.45) is 0. The van der Waals surface area contributed by atoms with Gasteiger partial charge < -0.3 is 5.43 Å². The van der Waals surface area contributed by atoms with Crippen molar-refractivity contribution in [3.05, 3.63) is 95.0 Å². The van der Waals surface area contributed by atoms with Crippen LogP contribution in [-0.2, 0) is 20.0 Å². The number of benzene rings is 3. The fourth-order valence-electron chi connectivity index (χ4n) is 2.54. The molecule has 31 heavy (non-hydrogen) atoms. The van der Waals surface area contributed by atoms with Crippen molar-refractivity contribution >= 4 is 47.4 Å². The van der Waals surface area contributed by atoms with E-state index in [0.717, 1.165) is 10.0 Å². The summed E-state index contributed by atoms with van der Waals surface area (Å²) in [7, 11) is -7.49. The zero-order chi connectivity index (χ0) is 22.6. The molecule has 0 saturated heterocycles. The van der Waals surface area contributed by atoms with Crippen molar-refractivity contribution in [2.45, 2.75) is 16.7 Å². The van der Waals surface area contributed by atoms with E-state index in [-0.39, 0.29) is 9.79 Å². The molecule has 3 aromatic rings. The van der Waals surface area contributed by atoms with Gasteiger partial charge in [0.25, 0.3) is 20.0 Å². The smallest absolute Gasteiger partial charge is 0.261 e. The third kappa shape index (κ3) is 5.95. The number of hydrogen-bond donors (Lipinski definition) is 3. The van der Waals surface area contributed by atoms with E-state index in [1.54, 1.807) is 48.5 Å². The number of rotatable bonds is 8. The molecule has 0 spiro atoms. The Bertz CT molecular complexity index is 1290. The number of anilines is 1. The molecule has 0 heterocycles. The fraction of sp³-hybridized carbons (Fsp3) is 0.0476. The second-order valence-corrected chi connectivity index (χ2v) is 10.9. The maximum Gasteiger partial charge on any atom is 0.261 e. The summed E-state index contributed by atoms with van der Waals surface area (Å²) < 4.78 is 52.9. The molecule has 0 aliphatic heterocycles. The Morgan fingerprint density at radius 1 is 0.774 bits per heavy atom. The lowest BCUT2D eigenvalue weighted by Gasteiger charge is -2.13. The van der Waals surface area contributed by atoms with Gasteiger partial charge in [-0.3, -0.25) is 4.72 Å². The molecule has 3 rings (SSSR count). The van der Waals surface area contributed by atoms with E-state index >= 15 is 0 Å². The zero-order valence-electron chi connectivity index (χ0n) is 16.5. The van der Waals surface area contributed by atoms with E-state index in [2.05, 4.69) is 37.5 Å². The standard InChI is InChI=1S/C21H20BrN3O4S2/c1-15-3-11-21(12-4-15)31(28,29)25-23-16(2)17-5-9-19(10-6-17)24-30(26,27)20-13-7-18(22)8-14-20/h3-14,23-25H,2H2,1H3. The van der Waals surface area contributed by atoms with Crippen LogP contribution in [0.4, 0.5) is 5.69 Å². The molecule has 7 nitrogen and oxygen atoms in total. The molecule has 3 N–H and O–H groups in total. The molecule has 0 bridgehead atoms. The largest absolute Gasteiger partial charge is 0.308 e. The van der Waals surface area contributed by atoms with Crippen molar-refractivity contribution in [2.75, 3.05) is 4.72 Å². The number of halogens is 1. The lowest BCUT2D eigenvalue weighted by Crippen LogP contribution is -2.35. The molecule has 0 unspecified atom stereocenters. The van der Waals surface area contributed by atoms with Gasteiger partial charge in [0, 0.05) is 15.9 Å². The first-order chi connectivity index (χ1) is 14.6. The highest BCUT2D eigenvalue weighted by Crippen LogP contribution is 2.20. The molecule has 162 valence electrons. The number of hydrazine groups is 1. The van der Waals surface area contributed by atoms with Crippen LogP contribution in [-0.4, -0.2) is 16.8 Å². The summed E-state index contributed by atoms with van der Waals surface area (Å²) in [4.78, 5) is 2.54. The topological polar surface area (TPSA) is 104 Å². The minimum Gasteiger partial charge on any atom is -0.308 e. The van der Waals surface area contributed by atoms with Gasteiger partial charge in [-0.2, -0.15) is 0 Å². The van der Waals surface area contributed by atoms with Crippen LogP contribution < -0.4 is 15.0 Å². The summed E-state index contributed by atoms with van der Waals surface area (Å²) in [6.45, 7) is 5.68. The third-order valence-electron chi connectivity index (χ3n) is 4.28. The van der Waals surface area contributed by atoms with Crippen molar-refractivity contribution in [3.8, 4) is 0 Å². The van der Waals surface area contributed by atoms with E-state index in [9.17, 15) is 16.8 Å². The van der Waals surface area contributed by atoms with Gasteiger partial charge in [0.15, 0.2) is 0 Å². The number of aryl methyl sites for hydroxylation is 1. The molecule has 0 radical (unpaired) electrons. The summed E-state index contributed by atoms with van der Waals surface area (Å²) >= 11 is 3.27. The van der Waals surface area contributed by atoms with E-state index in [4.69, 9.17) is 0 Å². The Balaban J connectivity index is 1.65. The SMILES string of the molecule is C=C(NNS(=O)(=O)c1ccc(C)cc1)c1ccc(NS(=O)(=O)c2ccc(Br)cc2)cc1. The highest BCUT2D eigenvalue weighted by atomic mass is 79.9. The van der Waals surface area contributed by atoms with Crippen molar-refractivity contribution in [1.82, 2.24) is 10.3 Å². The lowest BCUT2D eigenvalue weighted by atomic mass is 10.2. The van der Waals surface area contributed by atoms with Crippen LogP contribution in [0, 0.1) is 6.92 Å². The average Bonchev–Trinajstić information content (AvgIpc) is 2.73. The van der Waals surface area contributed by atoms with Crippen LogP contribution in [0.25, 0.3) is 5.70 Å². The van der Waals surface area contributed by atoms with E-state index in [0.29, 0.717) is 16.9 Å². The van der Waals surface area contributed by atoms with Crippen molar-refractivity contribution in [2.24, 2.45) is 0 Å². The molecule has 0 atom stereocenters. The Morgan fingerprint density at radius 3 is 1.87 bits per heavy atom.